The number of rotatable bonds is 4. The molecule has 0 amide bonds. The van der Waals surface area contributed by atoms with Gasteiger partial charge in [0.1, 0.15) is 5.52 Å². The number of nitrogens with one attached hydrogen (secondary N) is 1. The molecule has 0 atom stereocenters. The first-order valence-electron chi connectivity index (χ1n) is 8.49. The lowest BCUT2D eigenvalue weighted by molar-refractivity contribution is 0.606. The number of nitrogens with zero attached hydrogens (tertiary/aromatic N) is 6. The molecule has 0 radical (unpaired) electrons. The molecule has 1 saturated carbocycles. The van der Waals surface area contributed by atoms with Crippen LogP contribution in [-0.2, 0) is 7.05 Å². The smallest absolute Gasteiger partial charge is 0.241 e. The highest BCUT2D eigenvalue weighted by atomic mass is 15.4. The summed E-state index contributed by atoms with van der Waals surface area (Å²) in [5.74, 6) is 0.675. The highest BCUT2D eigenvalue weighted by molar-refractivity contribution is 5.87. The zero-order chi connectivity index (χ0) is 17.0. The van der Waals surface area contributed by atoms with E-state index in [1.807, 2.05) is 30.0 Å². The summed E-state index contributed by atoms with van der Waals surface area (Å²) in [6.45, 7) is 3.21. The quantitative estimate of drug-likeness (QED) is 0.622. The molecule has 4 aromatic rings. The standard InChI is InChI=1S/C18H19N7/c1-18(6-7-18)11-20-17-19-10-16-13(5-8-25(16)22-17)12-3-4-14-15(9-12)24(2)23-21-14/h3-5,8-10H,6-7,11H2,1-2H3,(H,20,22). The fourth-order valence-corrected chi connectivity index (χ4v) is 3.11. The van der Waals surface area contributed by atoms with Crippen molar-refractivity contribution >= 4 is 22.5 Å². The third-order valence-corrected chi connectivity index (χ3v) is 5.12. The van der Waals surface area contributed by atoms with Gasteiger partial charge in [0, 0.05) is 25.4 Å². The maximum atomic E-state index is 4.59. The van der Waals surface area contributed by atoms with Gasteiger partial charge in [-0.25, -0.2) is 14.2 Å². The van der Waals surface area contributed by atoms with Crippen LogP contribution in [-0.4, -0.2) is 36.1 Å². The topological polar surface area (TPSA) is 72.9 Å². The maximum Gasteiger partial charge on any atom is 0.241 e. The van der Waals surface area contributed by atoms with Crippen LogP contribution in [0.5, 0.6) is 0 Å². The molecular weight excluding hydrogens is 314 g/mol. The summed E-state index contributed by atoms with van der Waals surface area (Å²) in [6, 6.07) is 8.23. The predicted octanol–water partition coefficient (Wildman–Crippen LogP) is 2.89. The van der Waals surface area contributed by atoms with Crippen molar-refractivity contribution in [3.05, 3.63) is 36.7 Å². The van der Waals surface area contributed by atoms with E-state index in [4.69, 9.17) is 0 Å². The van der Waals surface area contributed by atoms with Crippen molar-refractivity contribution in [2.45, 2.75) is 19.8 Å². The van der Waals surface area contributed by atoms with E-state index in [0.29, 0.717) is 11.4 Å². The van der Waals surface area contributed by atoms with Crippen molar-refractivity contribution in [3.8, 4) is 11.1 Å². The van der Waals surface area contributed by atoms with Gasteiger partial charge in [0.2, 0.25) is 5.95 Å². The monoisotopic (exact) mass is 333 g/mol. The molecule has 0 saturated heterocycles. The summed E-state index contributed by atoms with van der Waals surface area (Å²) in [4.78, 5) is 4.49. The largest absolute Gasteiger partial charge is 0.352 e. The Bertz CT molecular complexity index is 1090. The molecule has 0 unspecified atom stereocenters. The molecular formula is C18H19N7. The number of hydrogen-bond donors (Lipinski definition) is 1. The van der Waals surface area contributed by atoms with Crippen LogP contribution in [0.4, 0.5) is 5.95 Å². The fraction of sp³-hybridized carbons (Fsp3) is 0.333. The zero-order valence-corrected chi connectivity index (χ0v) is 14.3. The van der Waals surface area contributed by atoms with Gasteiger partial charge < -0.3 is 5.32 Å². The SMILES string of the molecule is Cn1nnc2ccc(-c3ccn4nc(NCC5(C)CC5)ncc34)cc21. The molecule has 7 heteroatoms. The first kappa shape index (κ1) is 14.4. The Morgan fingerprint density at radius 1 is 1.20 bits per heavy atom. The molecule has 1 fully saturated rings. The van der Waals surface area contributed by atoms with E-state index in [2.05, 4.69) is 50.8 Å². The Hall–Kier alpha value is -2.96. The minimum Gasteiger partial charge on any atom is -0.352 e. The lowest BCUT2D eigenvalue weighted by Gasteiger charge is -2.10. The summed E-state index contributed by atoms with van der Waals surface area (Å²) in [5.41, 5.74) is 5.52. The molecule has 25 heavy (non-hydrogen) atoms. The minimum absolute atomic E-state index is 0.423. The molecule has 0 aliphatic heterocycles. The van der Waals surface area contributed by atoms with Crippen LogP contribution in [0.15, 0.2) is 36.7 Å². The van der Waals surface area contributed by atoms with Crippen LogP contribution in [0.25, 0.3) is 27.7 Å². The van der Waals surface area contributed by atoms with Gasteiger partial charge in [-0.1, -0.05) is 18.2 Å². The van der Waals surface area contributed by atoms with Gasteiger partial charge in [-0.05, 0) is 42.0 Å². The highest BCUT2D eigenvalue weighted by Gasteiger charge is 2.36. The van der Waals surface area contributed by atoms with Crippen LogP contribution in [0.1, 0.15) is 19.8 Å². The van der Waals surface area contributed by atoms with E-state index in [0.717, 1.165) is 34.2 Å². The van der Waals surface area contributed by atoms with E-state index in [1.54, 1.807) is 4.68 Å². The fourth-order valence-electron chi connectivity index (χ4n) is 3.11. The summed E-state index contributed by atoms with van der Waals surface area (Å²) < 4.78 is 3.67. The molecule has 1 aromatic carbocycles. The number of benzene rings is 1. The van der Waals surface area contributed by atoms with Crippen LogP contribution in [0.2, 0.25) is 0 Å². The van der Waals surface area contributed by atoms with E-state index in [-0.39, 0.29) is 0 Å². The average Bonchev–Trinajstić information content (AvgIpc) is 3.05. The Labute approximate surface area is 144 Å². The van der Waals surface area contributed by atoms with Gasteiger partial charge in [-0.2, -0.15) is 0 Å². The van der Waals surface area contributed by atoms with Crippen molar-refractivity contribution in [2.75, 3.05) is 11.9 Å². The van der Waals surface area contributed by atoms with E-state index in [9.17, 15) is 0 Å². The third kappa shape index (κ3) is 2.43. The van der Waals surface area contributed by atoms with Crippen molar-refractivity contribution in [3.63, 3.8) is 0 Å². The Balaban J connectivity index is 1.51. The molecule has 3 heterocycles. The lowest BCUT2D eigenvalue weighted by atomic mass is 10.1. The number of anilines is 1. The molecule has 0 spiro atoms. The average molecular weight is 333 g/mol. The Kier molecular flexibility index (Phi) is 2.89. The second-order valence-corrected chi connectivity index (χ2v) is 7.22. The maximum absolute atomic E-state index is 4.59. The van der Waals surface area contributed by atoms with Gasteiger partial charge in [0.15, 0.2) is 0 Å². The van der Waals surface area contributed by atoms with Gasteiger partial charge in [-0.3, -0.25) is 0 Å². The van der Waals surface area contributed by atoms with Crippen LogP contribution < -0.4 is 5.32 Å². The number of hydrogen-bond acceptors (Lipinski definition) is 5. The molecule has 7 nitrogen and oxygen atoms in total. The van der Waals surface area contributed by atoms with Crippen molar-refractivity contribution in [1.29, 1.82) is 0 Å². The van der Waals surface area contributed by atoms with Gasteiger partial charge in [0.25, 0.3) is 0 Å². The second kappa shape index (κ2) is 5.02. The molecule has 5 rings (SSSR count). The van der Waals surface area contributed by atoms with E-state index in [1.165, 1.54) is 12.8 Å². The normalized spacial score (nSPS) is 15.8. The summed E-state index contributed by atoms with van der Waals surface area (Å²) in [7, 11) is 1.90. The van der Waals surface area contributed by atoms with Gasteiger partial charge >= 0.3 is 0 Å². The van der Waals surface area contributed by atoms with Crippen LogP contribution >= 0.6 is 0 Å². The highest BCUT2D eigenvalue weighted by Crippen LogP contribution is 2.44. The second-order valence-electron chi connectivity index (χ2n) is 7.22. The molecule has 1 N–H and O–H groups in total. The Morgan fingerprint density at radius 2 is 2.08 bits per heavy atom. The van der Waals surface area contributed by atoms with Crippen molar-refractivity contribution < 1.29 is 0 Å². The minimum atomic E-state index is 0.423. The number of fused-ring (bicyclic) bond motifs is 2. The first-order chi connectivity index (χ1) is 12.1. The van der Waals surface area contributed by atoms with Crippen molar-refractivity contribution in [1.82, 2.24) is 29.6 Å². The van der Waals surface area contributed by atoms with Crippen LogP contribution in [0, 0.1) is 5.41 Å². The summed E-state index contributed by atoms with van der Waals surface area (Å²) >= 11 is 0. The van der Waals surface area contributed by atoms with Crippen molar-refractivity contribution in [2.24, 2.45) is 12.5 Å². The number of aryl methyl sites for hydroxylation is 1. The summed E-state index contributed by atoms with van der Waals surface area (Å²) in [6.07, 6.45) is 6.41. The van der Waals surface area contributed by atoms with Gasteiger partial charge in [0.05, 0.1) is 17.2 Å². The Morgan fingerprint density at radius 3 is 2.92 bits per heavy atom. The zero-order valence-electron chi connectivity index (χ0n) is 14.3. The van der Waals surface area contributed by atoms with E-state index < -0.39 is 0 Å². The number of aromatic nitrogens is 6. The molecule has 3 aromatic heterocycles. The third-order valence-electron chi connectivity index (χ3n) is 5.12. The lowest BCUT2D eigenvalue weighted by Crippen LogP contribution is -2.14. The van der Waals surface area contributed by atoms with E-state index >= 15 is 0 Å². The van der Waals surface area contributed by atoms with Gasteiger partial charge in [-0.15, -0.1) is 10.2 Å². The molecule has 1 aliphatic rings. The molecule has 126 valence electrons. The molecule has 1 aliphatic carbocycles. The van der Waals surface area contributed by atoms with Crippen LogP contribution in [0.3, 0.4) is 0 Å². The first-order valence-corrected chi connectivity index (χ1v) is 8.49. The summed E-state index contributed by atoms with van der Waals surface area (Å²) in [5, 5.41) is 16.1. The predicted molar refractivity (Wildman–Crippen MR) is 96.3 cm³/mol. The molecule has 0 bridgehead atoms.